The van der Waals surface area contributed by atoms with E-state index in [0.29, 0.717) is 5.56 Å². The fraction of sp³-hybridized carbons (Fsp3) is 0.130. The van der Waals surface area contributed by atoms with Crippen molar-refractivity contribution in [1.29, 1.82) is 0 Å². The zero-order valence-electron chi connectivity index (χ0n) is 15.2. The number of nitro groups is 1. The van der Waals surface area contributed by atoms with E-state index < -0.39 is 0 Å². The first kappa shape index (κ1) is 19.1. The summed E-state index contributed by atoms with van der Waals surface area (Å²) in [6.45, 7) is 12.0. The zero-order chi connectivity index (χ0) is 19.1. The van der Waals surface area contributed by atoms with Crippen molar-refractivity contribution in [2.45, 2.75) is 20.3 Å². The molecule has 0 spiro atoms. The van der Waals surface area contributed by atoms with Crippen LogP contribution in [0.1, 0.15) is 37.0 Å². The van der Waals surface area contributed by atoms with Crippen molar-refractivity contribution >= 4 is 23.4 Å². The van der Waals surface area contributed by atoms with Crippen molar-refractivity contribution in [3.8, 4) is 11.1 Å². The molecule has 0 aliphatic heterocycles. The first-order valence-electron chi connectivity index (χ1n) is 8.57. The molecule has 2 aromatic carbocycles. The van der Waals surface area contributed by atoms with Crippen LogP contribution in [0.2, 0.25) is 0 Å². The molecule has 0 unspecified atom stereocenters. The molecule has 3 heteroatoms. The lowest BCUT2D eigenvalue weighted by atomic mass is 9.88. The van der Waals surface area contributed by atoms with E-state index in [2.05, 4.69) is 32.2 Å². The Hall–Kier alpha value is -3.20. The van der Waals surface area contributed by atoms with Crippen LogP contribution in [0.4, 0.5) is 5.69 Å². The van der Waals surface area contributed by atoms with Gasteiger partial charge in [-0.05, 0) is 47.2 Å². The molecule has 0 saturated carbocycles. The highest BCUT2D eigenvalue weighted by Gasteiger charge is 2.19. The maximum atomic E-state index is 11.4. The summed E-state index contributed by atoms with van der Waals surface area (Å²) in [7, 11) is 0. The third kappa shape index (κ3) is 3.72. The number of rotatable bonds is 7. The molecule has 2 aromatic rings. The van der Waals surface area contributed by atoms with Crippen LogP contribution in [-0.4, -0.2) is 4.92 Å². The van der Waals surface area contributed by atoms with Gasteiger partial charge in [0.15, 0.2) is 0 Å². The molecule has 0 amide bonds. The topological polar surface area (TPSA) is 43.1 Å². The maximum absolute atomic E-state index is 11.4. The van der Waals surface area contributed by atoms with Gasteiger partial charge in [0.1, 0.15) is 0 Å². The van der Waals surface area contributed by atoms with Gasteiger partial charge in [-0.3, -0.25) is 10.1 Å². The van der Waals surface area contributed by atoms with Gasteiger partial charge in [-0.1, -0.05) is 74.7 Å². The van der Waals surface area contributed by atoms with E-state index in [9.17, 15) is 10.1 Å². The molecule has 0 heterocycles. The molecule has 3 nitrogen and oxygen atoms in total. The second-order valence-electron chi connectivity index (χ2n) is 5.74. The van der Waals surface area contributed by atoms with Crippen molar-refractivity contribution < 1.29 is 4.92 Å². The quantitative estimate of drug-likeness (QED) is 0.310. The van der Waals surface area contributed by atoms with Gasteiger partial charge < -0.3 is 0 Å². The van der Waals surface area contributed by atoms with Gasteiger partial charge in [-0.2, -0.15) is 0 Å². The average Bonchev–Trinajstić information content (AvgIpc) is 2.66. The molecule has 0 atom stereocenters. The lowest BCUT2D eigenvalue weighted by Crippen LogP contribution is -1.97. The molecule has 0 radical (unpaired) electrons. The molecular weight excluding hydrogens is 322 g/mol. The van der Waals surface area contributed by atoms with Crippen LogP contribution in [0.25, 0.3) is 28.9 Å². The SMILES string of the molecule is C=Cc1c(C(/C=C\C)=C/CC)ccc(-c2ccccc2[N+](=O)[O-])c1C=C. The Labute approximate surface area is 154 Å². The monoisotopic (exact) mass is 345 g/mol. The minimum Gasteiger partial charge on any atom is -0.258 e. The summed E-state index contributed by atoms with van der Waals surface area (Å²) in [6.07, 6.45) is 10.6. The molecule has 132 valence electrons. The van der Waals surface area contributed by atoms with E-state index in [0.717, 1.165) is 34.2 Å². The summed E-state index contributed by atoms with van der Waals surface area (Å²) in [5.41, 5.74) is 5.35. The van der Waals surface area contributed by atoms with Gasteiger partial charge in [0, 0.05) is 6.07 Å². The van der Waals surface area contributed by atoms with E-state index in [4.69, 9.17) is 0 Å². The standard InChI is InChI=1S/C23H23NO2/c1-5-11-17(12-6-2)20-15-16-21(19(8-4)18(20)7-3)22-13-9-10-14-23(22)24(25)26/h5,7-16H,3-4,6H2,1-2H3/b11-5-,17-12+. The van der Waals surface area contributed by atoms with Crippen LogP contribution in [-0.2, 0) is 0 Å². The highest BCUT2D eigenvalue weighted by molar-refractivity contribution is 5.90. The number of benzene rings is 2. The van der Waals surface area contributed by atoms with E-state index in [-0.39, 0.29) is 10.6 Å². The molecule has 0 N–H and O–H groups in total. The number of nitrogens with zero attached hydrogens (tertiary/aromatic N) is 1. The minimum absolute atomic E-state index is 0.0798. The minimum atomic E-state index is -0.355. The van der Waals surface area contributed by atoms with Gasteiger partial charge in [0.05, 0.1) is 10.5 Å². The molecule has 2 rings (SSSR count). The van der Waals surface area contributed by atoms with Gasteiger partial charge >= 0.3 is 0 Å². The Kier molecular flexibility index (Phi) is 6.45. The Bertz CT molecular complexity index is 904. The Morgan fingerprint density at radius 2 is 1.77 bits per heavy atom. The lowest BCUT2D eigenvalue weighted by molar-refractivity contribution is -0.384. The summed E-state index contributed by atoms with van der Waals surface area (Å²) in [6, 6.07) is 10.7. The van der Waals surface area contributed by atoms with Crippen molar-refractivity contribution in [1.82, 2.24) is 0 Å². The number of hydrogen-bond donors (Lipinski definition) is 0. The molecule has 0 fully saturated rings. The largest absolute Gasteiger partial charge is 0.277 e. The van der Waals surface area contributed by atoms with E-state index in [1.54, 1.807) is 30.4 Å². The smallest absolute Gasteiger partial charge is 0.258 e. The summed E-state index contributed by atoms with van der Waals surface area (Å²) < 4.78 is 0. The van der Waals surface area contributed by atoms with Crippen LogP contribution in [0.3, 0.4) is 0 Å². The number of hydrogen-bond acceptors (Lipinski definition) is 2. The molecule has 0 saturated heterocycles. The van der Waals surface area contributed by atoms with Crippen molar-refractivity contribution in [3.05, 3.63) is 94.6 Å². The van der Waals surface area contributed by atoms with Gasteiger partial charge in [0.2, 0.25) is 0 Å². The Morgan fingerprint density at radius 1 is 1.08 bits per heavy atom. The summed E-state index contributed by atoms with van der Waals surface area (Å²) in [5.74, 6) is 0. The molecule has 0 aliphatic carbocycles. The fourth-order valence-electron chi connectivity index (χ4n) is 3.09. The lowest BCUT2D eigenvalue weighted by Gasteiger charge is -2.16. The highest BCUT2D eigenvalue weighted by Crippen LogP contribution is 2.37. The first-order chi connectivity index (χ1) is 12.6. The predicted molar refractivity (Wildman–Crippen MR) is 112 cm³/mol. The van der Waals surface area contributed by atoms with E-state index in [1.807, 2.05) is 25.1 Å². The molecule has 26 heavy (non-hydrogen) atoms. The summed E-state index contributed by atoms with van der Waals surface area (Å²) in [5, 5.41) is 11.4. The van der Waals surface area contributed by atoms with E-state index >= 15 is 0 Å². The van der Waals surface area contributed by atoms with Crippen molar-refractivity contribution in [2.75, 3.05) is 0 Å². The average molecular weight is 345 g/mol. The van der Waals surface area contributed by atoms with Crippen LogP contribution < -0.4 is 0 Å². The third-order valence-electron chi connectivity index (χ3n) is 4.17. The second kappa shape index (κ2) is 8.77. The second-order valence-corrected chi connectivity index (χ2v) is 5.74. The van der Waals surface area contributed by atoms with Crippen LogP contribution in [0.5, 0.6) is 0 Å². The van der Waals surface area contributed by atoms with Gasteiger partial charge in [-0.25, -0.2) is 0 Å². The van der Waals surface area contributed by atoms with Crippen LogP contribution in [0.15, 0.2) is 67.8 Å². The zero-order valence-corrected chi connectivity index (χ0v) is 15.2. The Balaban J connectivity index is 2.81. The number of nitro benzene ring substituents is 1. The highest BCUT2D eigenvalue weighted by atomic mass is 16.6. The molecule has 0 bridgehead atoms. The van der Waals surface area contributed by atoms with E-state index in [1.165, 1.54) is 6.07 Å². The van der Waals surface area contributed by atoms with Crippen LogP contribution in [0, 0.1) is 10.1 Å². The predicted octanol–water partition coefficient (Wildman–Crippen LogP) is 6.92. The van der Waals surface area contributed by atoms with Crippen LogP contribution >= 0.6 is 0 Å². The molecule has 0 aromatic heterocycles. The van der Waals surface area contributed by atoms with Crippen molar-refractivity contribution in [3.63, 3.8) is 0 Å². The van der Waals surface area contributed by atoms with Crippen molar-refractivity contribution in [2.24, 2.45) is 0 Å². The first-order valence-corrected chi connectivity index (χ1v) is 8.57. The Morgan fingerprint density at radius 3 is 2.35 bits per heavy atom. The normalized spacial score (nSPS) is 11.5. The summed E-state index contributed by atoms with van der Waals surface area (Å²) >= 11 is 0. The third-order valence-corrected chi connectivity index (χ3v) is 4.17. The van der Waals surface area contributed by atoms with Gasteiger partial charge in [-0.15, -0.1) is 0 Å². The van der Waals surface area contributed by atoms with Gasteiger partial charge in [0.25, 0.3) is 5.69 Å². The fourth-order valence-corrected chi connectivity index (χ4v) is 3.09. The number of para-hydroxylation sites is 1. The maximum Gasteiger partial charge on any atom is 0.277 e. The summed E-state index contributed by atoms with van der Waals surface area (Å²) in [4.78, 5) is 11.1. The molecule has 0 aliphatic rings. The number of allylic oxidation sites excluding steroid dienone is 4. The molecular formula is C23H23NO2.